The normalized spacial score (nSPS) is 15.8. The van der Waals surface area contributed by atoms with E-state index in [2.05, 4.69) is 10.1 Å². The first-order valence-electron chi connectivity index (χ1n) is 8.76. The minimum absolute atomic E-state index is 0.00338. The fourth-order valence-electron chi connectivity index (χ4n) is 3.21. The molecule has 1 aliphatic rings. The van der Waals surface area contributed by atoms with Crippen LogP contribution in [0.3, 0.4) is 0 Å². The number of furan rings is 1. The lowest BCUT2D eigenvalue weighted by Crippen LogP contribution is -2.37. The zero-order chi connectivity index (χ0) is 19.7. The average molecular weight is 391 g/mol. The van der Waals surface area contributed by atoms with Gasteiger partial charge >= 0.3 is 6.18 Å². The summed E-state index contributed by atoms with van der Waals surface area (Å²) in [5.41, 5.74) is -0.276. The number of benzene rings is 1. The molecule has 0 radical (unpaired) electrons. The molecule has 1 aliphatic heterocycles. The van der Waals surface area contributed by atoms with Gasteiger partial charge in [-0.05, 0) is 37.1 Å². The van der Waals surface area contributed by atoms with Crippen LogP contribution in [0.2, 0.25) is 0 Å². The summed E-state index contributed by atoms with van der Waals surface area (Å²) in [5.74, 6) is 0.828. The zero-order valence-electron chi connectivity index (χ0n) is 14.6. The molecule has 9 heteroatoms. The van der Waals surface area contributed by atoms with Gasteiger partial charge in [-0.2, -0.15) is 18.2 Å². The van der Waals surface area contributed by atoms with Gasteiger partial charge in [0.25, 0.3) is 5.91 Å². The number of carbonyl (C=O) groups is 1. The minimum Gasteiger partial charge on any atom is -0.459 e. The highest BCUT2D eigenvalue weighted by Crippen LogP contribution is 2.32. The summed E-state index contributed by atoms with van der Waals surface area (Å²) in [5, 5.41) is 3.89. The van der Waals surface area contributed by atoms with Gasteiger partial charge in [0.05, 0.1) is 11.8 Å². The van der Waals surface area contributed by atoms with Crippen LogP contribution in [0.5, 0.6) is 0 Å². The van der Waals surface area contributed by atoms with E-state index in [1.807, 2.05) is 0 Å². The Labute approximate surface area is 157 Å². The quantitative estimate of drug-likeness (QED) is 0.663. The summed E-state index contributed by atoms with van der Waals surface area (Å²) < 4.78 is 48.4. The lowest BCUT2D eigenvalue weighted by Gasteiger charge is -2.29. The SMILES string of the molecule is O=C(c1ccco1)N1CCC(c2nc(-c3ccc(C(F)(F)F)cc3)no2)CC1. The molecule has 0 spiro atoms. The van der Waals surface area contributed by atoms with E-state index in [4.69, 9.17) is 8.94 Å². The van der Waals surface area contributed by atoms with Crippen LogP contribution in [0.4, 0.5) is 13.2 Å². The number of hydrogen-bond acceptors (Lipinski definition) is 5. The number of likely N-dealkylation sites (tertiary alicyclic amines) is 1. The molecule has 0 atom stereocenters. The number of carbonyl (C=O) groups excluding carboxylic acids is 1. The Morgan fingerprint density at radius 3 is 2.43 bits per heavy atom. The van der Waals surface area contributed by atoms with E-state index < -0.39 is 11.7 Å². The molecule has 3 heterocycles. The van der Waals surface area contributed by atoms with E-state index in [0.29, 0.717) is 43.1 Å². The van der Waals surface area contributed by atoms with Crippen LogP contribution in [0.15, 0.2) is 51.6 Å². The number of hydrogen-bond donors (Lipinski definition) is 0. The monoisotopic (exact) mass is 391 g/mol. The minimum atomic E-state index is -4.39. The Kier molecular flexibility index (Phi) is 4.66. The van der Waals surface area contributed by atoms with Crippen LogP contribution >= 0.6 is 0 Å². The summed E-state index contributed by atoms with van der Waals surface area (Å²) in [4.78, 5) is 18.3. The highest BCUT2D eigenvalue weighted by atomic mass is 19.4. The van der Waals surface area contributed by atoms with Crippen LogP contribution in [-0.4, -0.2) is 34.0 Å². The summed E-state index contributed by atoms with van der Waals surface area (Å²) >= 11 is 0. The van der Waals surface area contributed by atoms with Crippen LogP contribution in [0.1, 0.15) is 40.8 Å². The molecule has 1 fully saturated rings. The Morgan fingerprint density at radius 1 is 1.11 bits per heavy atom. The summed E-state index contributed by atoms with van der Waals surface area (Å²) in [7, 11) is 0. The van der Waals surface area contributed by atoms with Crippen molar-refractivity contribution in [2.24, 2.45) is 0 Å². The lowest BCUT2D eigenvalue weighted by molar-refractivity contribution is -0.137. The van der Waals surface area contributed by atoms with Crippen LogP contribution in [0.25, 0.3) is 11.4 Å². The van der Waals surface area contributed by atoms with E-state index in [1.165, 1.54) is 18.4 Å². The zero-order valence-corrected chi connectivity index (χ0v) is 14.6. The van der Waals surface area contributed by atoms with Gasteiger partial charge in [-0.15, -0.1) is 0 Å². The number of aromatic nitrogens is 2. The standard InChI is InChI=1S/C19H16F3N3O3/c20-19(21,22)14-5-3-12(4-6-14)16-23-17(28-24-16)13-7-9-25(10-8-13)18(26)15-2-1-11-27-15/h1-6,11,13H,7-10H2. The predicted octanol–water partition coefficient (Wildman–Crippen LogP) is 4.37. The molecular weight excluding hydrogens is 375 g/mol. The first-order chi connectivity index (χ1) is 13.4. The third-order valence-electron chi connectivity index (χ3n) is 4.78. The van der Waals surface area contributed by atoms with E-state index in [-0.39, 0.29) is 17.6 Å². The topological polar surface area (TPSA) is 72.4 Å². The Morgan fingerprint density at radius 2 is 1.82 bits per heavy atom. The molecule has 146 valence electrons. The van der Waals surface area contributed by atoms with Crippen molar-refractivity contribution in [3.63, 3.8) is 0 Å². The van der Waals surface area contributed by atoms with E-state index in [0.717, 1.165) is 12.1 Å². The van der Waals surface area contributed by atoms with Crippen molar-refractivity contribution < 1.29 is 26.9 Å². The molecule has 0 bridgehead atoms. The second-order valence-corrected chi connectivity index (χ2v) is 6.58. The van der Waals surface area contributed by atoms with Crippen molar-refractivity contribution >= 4 is 5.91 Å². The Hall–Kier alpha value is -3.10. The molecule has 0 aliphatic carbocycles. The molecule has 1 saturated heterocycles. The number of alkyl halides is 3. The molecule has 3 aromatic rings. The first kappa shape index (κ1) is 18.3. The van der Waals surface area contributed by atoms with Crippen molar-refractivity contribution in [2.45, 2.75) is 24.9 Å². The number of rotatable bonds is 3. The second kappa shape index (κ2) is 7.14. The average Bonchev–Trinajstić information content (AvgIpc) is 3.39. The maximum absolute atomic E-state index is 12.7. The van der Waals surface area contributed by atoms with Gasteiger partial charge in [0, 0.05) is 24.6 Å². The second-order valence-electron chi connectivity index (χ2n) is 6.58. The third kappa shape index (κ3) is 3.64. The van der Waals surface area contributed by atoms with Crippen molar-refractivity contribution in [3.05, 3.63) is 59.9 Å². The van der Waals surface area contributed by atoms with E-state index in [1.54, 1.807) is 17.0 Å². The van der Waals surface area contributed by atoms with Crippen LogP contribution in [0, 0.1) is 0 Å². The fourth-order valence-corrected chi connectivity index (χ4v) is 3.21. The molecule has 1 amide bonds. The number of halogens is 3. The Bertz CT molecular complexity index is 941. The summed E-state index contributed by atoms with van der Waals surface area (Å²) in [6.07, 6.45) is -1.62. The smallest absolute Gasteiger partial charge is 0.416 e. The summed E-state index contributed by atoms with van der Waals surface area (Å²) in [6, 6.07) is 7.92. The molecule has 4 rings (SSSR count). The van der Waals surface area contributed by atoms with Gasteiger partial charge in [-0.25, -0.2) is 0 Å². The lowest BCUT2D eigenvalue weighted by atomic mass is 9.96. The van der Waals surface area contributed by atoms with Gasteiger partial charge in [-0.3, -0.25) is 4.79 Å². The highest BCUT2D eigenvalue weighted by Gasteiger charge is 2.31. The van der Waals surface area contributed by atoms with Crippen LogP contribution < -0.4 is 0 Å². The predicted molar refractivity (Wildman–Crippen MR) is 91.3 cm³/mol. The molecule has 1 aromatic carbocycles. The van der Waals surface area contributed by atoms with Crippen molar-refractivity contribution in [2.75, 3.05) is 13.1 Å². The van der Waals surface area contributed by atoms with Crippen molar-refractivity contribution in [3.8, 4) is 11.4 Å². The van der Waals surface area contributed by atoms with E-state index in [9.17, 15) is 18.0 Å². The van der Waals surface area contributed by atoms with Crippen molar-refractivity contribution in [1.82, 2.24) is 15.0 Å². The molecule has 0 unspecified atom stereocenters. The summed E-state index contributed by atoms with van der Waals surface area (Å²) in [6.45, 7) is 1.06. The number of piperidine rings is 1. The molecule has 0 N–H and O–H groups in total. The van der Waals surface area contributed by atoms with Crippen LogP contribution in [-0.2, 0) is 6.18 Å². The van der Waals surface area contributed by atoms with Crippen molar-refractivity contribution in [1.29, 1.82) is 0 Å². The third-order valence-corrected chi connectivity index (χ3v) is 4.78. The first-order valence-corrected chi connectivity index (χ1v) is 8.76. The fraction of sp³-hybridized carbons (Fsp3) is 0.316. The molecular formula is C19H16F3N3O3. The molecule has 0 saturated carbocycles. The maximum atomic E-state index is 12.7. The Balaban J connectivity index is 1.41. The number of amides is 1. The highest BCUT2D eigenvalue weighted by molar-refractivity contribution is 5.91. The van der Waals surface area contributed by atoms with Gasteiger partial charge < -0.3 is 13.8 Å². The van der Waals surface area contributed by atoms with E-state index >= 15 is 0 Å². The molecule has 28 heavy (non-hydrogen) atoms. The van der Waals surface area contributed by atoms with Gasteiger partial charge in [0.15, 0.2) is 5.76 Å². The largest absolute Gasteiger partial charge is 0.459 e. The van der Waals surface area contributed by atoms with Gasteiger partial charge in [-0.1, -0.05) is 17.3 Å². The maximum Gasteiger partial charge on any atom is 0.416 e. The molecule has 2 aromatic heterocycles. The van der Waals surface area contributed by atoms with Gasteiger partial charge in [0.2, 0.25) is 11.7 Å². The molecule has 6 nitrogen and oxygen atoms in total. The van der Waals surface area contributed by atoms with Gasteiger partial charge in [0.1, 0.15) is 0 Å². The number of nitrogens with zero attached hydrogens (tertiary/aromatic N) is 3.